The summed E-state index contributed by atoms with van der Waals surface area (Å²) in [7, 11) is 0. The first-order valence-electron chi connectivity index (χ1n) is 10.5. The Kier molecular flexibility index (Phi) is 8.45. The second-order valence-electron chi connectivity index (χ2n) is 7.51. The number of carbonyl (C=O) groups is 2. The molecule has 2 aromatic carbocycles. The molecule has 2 amide bonds. The van der Waals surface area contributed by atoms with Crippen LogP contribution in [0.4, 0.5) is 26.3 Å². The smallest absolute Gasteiger partial charge is 0.406 e. The zero-order chi connectivity index (χ0) is 26.3. The number of amides is 2. The minimum absolute atomic E-state index is 0.104. The first-order chi connectivity index (χ1) is 16.9. The maximum atomic E-state index is 12.2. The molecule has 0 radical (unpaired) electrons. The van der Waals surface area contributed by atoms with E-state index in [4.69, 9.17) is 4.74 Å². The standard InChI is InChI=1S/C23H20F6N2O5/c24-22(25,26)35-16-7-3-14(4-8-16)20(32)30-12-1-2-18-19(34-18)11-13-31-21(33)15-5-9-17(10-6-15)36-23(27,28)29/h3-11,13,18-19H,1-2,12H2,(H,30,32)(H,31,33)/b13-11+. The molecule has 1 saturated heterocycles. The van der Waals surface area contributed by atoms with Gasteiger partial charge in [0.05, 0.1) is 6.10 Å². The second kappa shape index (κ2) is 11.3. The third-order valence-electron chi connectivity index (χ3n) is 4.77. The maximum absolute atomic E-state index is 12.2. The van der Waals surface area contributed by atoms with E-state index < -0.39 is 36.0 Å². The highest BCUT2D eigenvalue weighted by atomic mass is 19.4. The lowest BCUT2D eigenvalue weighted by atomic mass is 10.1. The van der Waals surface area contributed by atoms with Crippen LogP contribution in [0.3, 0.4) is 0 Å². The molecule has 1 fully saturated rings. The summed E-state index contributed by atoms with van der Waals surface area (Å²) in [4.78, 5) is 24.1. The highest BCUT2D eigenvalue weighted by Crippen LogP contribution is 2.27. The van der Waals surface area contributed by atoms with Gasteiger partial charge in [0, 0.05) is 23.9 Å². The Bertz CT molecular complexity index is 1070. The van der Waals surface area contributed by atoms with Crippen molar-refractivity contribution in [2.24, 2.45) is 0 Å². The van der Waals surface area contributed by atoms with Crippen molar-refractivity contribution < 1.29 is 50.1 Å². The molecule has 0 aliphatic carbocycles. The van der Waals surface area contributed by atoms with E-state index in [0.717, 1.165) is 24.3 Å². The van der Waals surface area contributed by atoms with Crippen LogP contribution in [0.1, 0.15) is 33.6 Å². The van der Waals surface area contributed by atoms with Crippen LogP contribution in [0.5, 0.6) is 11.5 Å². The minimum atomic E-state index is -4.82. The Balaban J connectivity index is 1.31. The van der Waals surface area contributed by atoms with Gasteiger partial charge in [-0.25, -0.2) is 0 Å². The van der Waals surface area contributed by atoms with Gasteiger partial charge in [0.25, 0.3) is 11.8 Å². The monoisotopic (exact) mass is 518 g/mol. The summed E-state index contributed by atoms with van der Waals surface area (Å²) >= 11 is 0. The Labute approximate surface area is 201 Å². The third-order valence-corrected chi connectivity index (χ3v) is 4.77. The highest BCUT2D eigenvalue weighted by Gasteiger charge is 2.35. The Morgan fingerprint density at radius 1 is 0.833 bits per heavy atom. The van der Waals surface area contributed by atoms with Crippen LogP contribution < -0.4 is 20.1 Å². The van der Waals surface area contributed by atoms with Gasteiger partial charge in [0.2, 0.25) is 0 Å². The molecule has 2 unspecified atom stereocenters. The van der Waals surface area contributed by atoms with Crippen molar-refractivity contribution in [3.63, 3.8) is 0 Å². The van der Waals surface area contributed by atoms with Crippen LogP contribution in [0.15, 0.2) is 60.8 Å². The number of rotatable bonds is 10. The molecule has 2 N–H and O–H groups in total. The van der Waals surface area contributed by atoms with Gasteiger partial charge in [-0.2, -0.15) is 0 Å². The first kappa shape index (κ1) is 26.9. The summed E-state index contributed by atoms with van der Waals surface area (Å²) in [5, 5.41) is 5.14. The molecule has 3 rings (SSSR count). The third kappa shape index (κ3) is 9.13. The largest absolute Gasteiger partial charge is 0.573 e. The molecule has 1 heterocycles. The van der Waals surface area contributed by atoms with E-state index in [-0.39, 0.29) is 23.3 Å². The van der Waals surface area contributed by atoms with Crippen LogP contribution in [0.2, 0.25) is 0 Å². The number of hydrogen-bond acceptors (Lipinski definition) is 5. The molecule has 1 aliphatic heterocycles. The average Bonchev–Trinajstić information content (AvgIpc) is 3.53. The van der Waals surface area contributed by atoms with Gasteiger partial charge < -0.3 is 24.8 Å². The fourth-order valence-electron chi connectivity index (χ4n) is 3.08. The number of nitrogens with one attached hydrogen (secondary N) is 2. The SMILES string of the molecule is O=C(N/C=C/C1OC1CCCNC(=O)c1ccc(OC(F)(F)F)cc1)c1ccc(OC(F)(F)F)cc1. The Morgan fingerprint density at radius 3 is 1.83 bits per heavy atom. The molecule has 13 heteroatoms. The van der Waals surface area contributed by atoms with Crippen LogP contribution in [0.25, 0.3) is 0 Å². The lowest BCUT2D eigenvalue weighted by Gasteiger charge is -2.09. The van der Waals surface area contributed by atoms with E-state index in [1.165, 1.54) is 30.5 Å². The zero-order valence-corrected chi connectivity index (χ0v) is 18.4. The van der Waals surface area contributed by atoms with Gasteiger partial charge in [-0.15, -0.1) is 26.3 Å². The quantitative estimate of drug-likeness (QED) is 0.270. The van der Waals surface area contributed by atoms with Crippen LogP contribution in [0, 0.1) is 0 Å². The first-order valence-corrected chi connectivity index (χ1v) is 10.5. The molecule has 0 aromatic heterocycles. The number of ether oxygens (including phenoxy) is 3. The molecular weight excluding hydrogens is 498 g/mol. The number of halogens is 6. The van der Waals surface area contributed by atoms with Crippen LogP contribution in [-0.4, -0.2) is 43.3 Å². The lowest BCUT2D eigenvalue weighted by Crippen LogP contribution is -2.24. The molecule has 0 bridgehead atoms. The van der Waals surface area contributed by atoms with Crippen molar-refractivity contribution in [3.05, 3.63) is 71.9 Å². The predicted molar refractivity (Wildman–Crippen MR) is 113 cm³/mol. The summed E-state index contributed by atoms with van der Waals surface area (Å²) < 4.78 is 85.9. The number of benzene rings is 2. The normalized spacial score (nSPS) is 17.5. The van der Waals surface area contributed by atoms with Crippen molar-refractivity contribution in [1.29, 1.82) is 0 Å². The van der Waals surface area contributed by atoms with Crippen molar-refractivity contribution in [2.75, 3.05) is 6.54 Å². The van der Waals surface area contributed by atoms with Crippen molar-refractivity contribution in [2.45, 2.75) is 37.8 Å². The molecule has 0 saturated carbocycles. The molecule has 7 nitrogen and oxygen atoms in total. The van der Waals surface area contributed by atoms with E-state index >= 15 is 0 Å². The summed E-state index contributed by atoms with van der Waals surface area (Å²) in [5.74, 6) is -1.83. The van der Waals surface area contributed by atoms with Gasteiger partial charge in [-0.1, -0.05) is 0 Å². The number of alkyl halides is 6. The predicted octanol–water partition coefficient (Wildman–Crippen LogP) is 4.70. The van der Waals surface area contributed by atoms with E-state index in [1.54, 1.807) is 6.08 Å². The Hall–Kier alpha value is -3.74. The van der Waals surface area contributed by atoms with Gasteiger partial charge in [-0.05, 0) is 67.4 Å². The molecule has 2 atom stereocenters. The lowest BCUT2D eigenvalue weighted by molar-refractivity contribution is -0.275. The fraction of sp³-hybridized carbons (Fsp3) is 0.304. The fourth-order valence-corrected chi connectivity index (χ4v) is 3.08. The zero-order valence-electron chi connectivity index (χ0n) is 18.4. The van der Waals surface area contributed by atoms with Crippen molar-refractivity contribution >= 4 is 11.8 Å². The minimum Gasteiger partial charge on any atom is -0.406 e. The molecule has 0 spiro atoms. The Morgan fingerprint density at radius 2 is 1.33 bits per heavy atom. The van der Waals surface area contributed by atoms with Crippen LogP contribution >= 0.6 is 0 Å². The van der Waals surface area contributed by atoms with Crippen molar-refractivity contribution in [1.82, 2.24) is 10.6 Å². The molecule has 1 aliphatic rings. The van der Waals surface area contributed by atoms with E-state index in [2.05, 4.69) is 20.1 Å². The summed E-state index contributed by atoms with van der Waals surface area (Å²) in [6.45, 7) is 0.320. The molecule has 36 heavy (non-hydrogen) atoms. The van der Waals surface area contributed by atoms with E-state index in [9.17, 15) is 35.9 Å². The van der Waals surface area contributed by atoms with E-state index in [0.29, 0.717) is 19.4 Å². The second-order valence-corrected chi connectivity index (χ2v) is 7.51. The summed E-state index contributed by atoms with van der Waals surface area (Å²) in [6, 6.07) is 8.99. The average molecular weight is 518 g/mol. The van der Waals surface area contributed by atoms with Gasteiger partial charge >= 0.3 is 12.7 Å². The molecule has 2 aromatic rings. The summed E-state index contributed by atoms with van der Waals surface area (Å²) in [5.41, 5.74) is 0.326. The van der Waals surface area contributed by atoms with Gasteiger partial charge in [-0.3, -0.25) is 9.59 Å². The highest BCUT2D eigenvalue weighted by molar-refractivity contribution is 5.95. The van der Waals surface area contributed by atoms with E-state index in [1.807, 2.05) is 0 Å². The number of epoxide rings is 1. The van der Waals surface area contributed by atoms with Crippen LogP contribution in [-0.2, 0) is 4.74 Å². The number of carbonyl (C=O) groups excluding carboxylic acids is 2. The van der Waals surface area contributed by atoms with Gasteiger partial charge in [0.1, 0.15) is 17.6 Å². The van der Waals surface area contributed by atoms with Crippen molar-refractivity contribution in [3.8, 4) is 11.5 Å². The maximum Gasteiger partial charge on any atom is 0.573 e. The molecule has 194 valence electrons. The topological polar surface area (TPSA) is 89.2 Å². The van der Waals surface area contributed by atoms with Gasteiger partial charge in [0.15, 0.2) is 0 Å². The molecular formula is C23H20F6N2O5. The number of hydrogen-bond donors (Lipinski definition) is 2. The summed E-state index contributed by atoms with van der Waals surface area (Å²) in [6.07, 6.45) is -5.77.